The number of nitrogens with one attached hydrogen (secondary N) is 1. The summed E-state index contributed by atoms with van der Waals surface area (Å²) in [6.07, 6.45) is 6.37. The van der Waals surface area contributed by atoms with Crippen LogP contribution in [-0.2, 0) is 22.3 Å². The number of ketones is 1. The van der Waals surface area contributed by atoms with E-state index >= 15 is 0 Å². The highest BCUT2D eigenvalue weighted by Crippen LogP contribution is 2.34. The van der Waals surface area contributed by atoms with Gasteiger partial charge in [0.25, 0.3) is 0 Å². The van der Waals surface area contributed by atoms with E-state index in [1.165, 1.54) is 24.8 Å². The Labute approximate surface area is 273 Å². The summed E-state index contributed by atoms with van der Waals surface area (Å²) in [5.41, 5.74) is 3.36. The number of rotatable bonds is 6. The second-order valence-corrected chi connectivity index (χ2v) is 12.1. The number of nitrogens with zero attached hydrogens (tertiary/aromatic N) is 7. The van der Waals surface area contributed by atoms with E-state index in [9.17, 15) is 27.6 Å². The van der Waals surface area contributed by atoms with Gasteiger partial charge in [-0.2, -0.15) is 18.3 Å². The van der Waals surface area contributed by atoms with Crippen molar-refractivity contribution in [2.45, 2.75) is 65.8 Å². The summed E-state index contributed by atoms with van der Waals surface area (Å²) in [5.74, 6) is 0.634. The number of terminal acetylenes is 1. The van der Waals surface area contributed by atoms with E-state index in [2.05, 4.69) is 26.3 Å². The summed E-state index contributed by atoms with van der Waals surface area (Å²) < 4.78 is 43.3. The average Bonchev–Trinajstić information content (AvgIpc) is 3.69. The molecule has 3 atom stereocenters. The van der Waals surface area contributed by atoms with E-state index in [1.54, 1.807) is 47.6 Å². The molecule has 1 aliphatic rings. The molecule has 0 aromatic carbocycles. The van der Waals surface area contributed by atoms with Gasteiger partial charge in [-0.3, -0.25) is 19.4 Å². The molecule has 0 unspecified atom stereocenters. The van der Waals surface area contributed by atoms with E-state index in [-0.39, 0.29) is 30.5 Å². The van der Waals surface area contributed by atoms with E-state index in [0.29, 0.717) is 44.6 Å². The lowest BCUT2D eigenvalue weighted by Crippen LogP contribution is -2.48. The Morgan fingerprint density at radius 3 is 2.54 bits per heavy atom. The highest BCUT2D eigenvalue weighted by Gasteiger charge is 2.45. The number of carbonyl (C=O) groups is 3. The molecule has 0 spiro atoms. The van der Waals surface area contributed by atoms with Gasteiger partial charge in [-0.25, -0.2) is 14.5 Å². The molecule has 2 amide bonds. The number of pyridine rings is 2. The molecular formula is C34H31F3N8O3. The van der Waals surface area contributed by atoms with E-state index < -0.39 is 35.8 Å². The SMILES string of the molecule is C#C[C@@H]1[C@@H](C)C[C@@H](C(=O)Nc2nc(C(F)(F)F)ccc2C)N1C(=O)Cn1cc(C(C)=O)c2cc(-c3cnc4cc(C)nn4c3)nc(C)c21. The van der Waals surface area contributed by atoms with Gasteiger partial charge in [0, 0.05) is 41.2 Å². The Hall–Kier alpha value is -5.58. The maximum absolute atomic E-state index is 14.0. The smallest absolute Gasteiger partial charge is 0.336 e. The van der Waals surface area contributed by atoms with E-state index in [4.69, 9.17) is 11.4 Å². The van der Waals surface area contributed by atoms with Crippen LogP contribution in [0.4, 0.5) is 19.0 Å². The molecule has 0 aliphatic carbocycles. The molecule has 1 saturated heterocycles. The molecule has 1 aliphatic heterocycles. The van der Waals surface area contributed by atoms with E-state index in [0.717, 1.165) is 11.8 Å². The molecule has 1 N–H and O–H groups in total. The number of anilines is 1. The van der Waals surface area contributed by atoms with Gasteiger partial charge >= 0.3 is 6.18 Å². The topological polar surface area (TPSA) is 127 Å². The van der Waals surface area contributed by atoms with Crippen LogP contribution in [0, 0.1) is 39.0 Å². The summed E-state index contributed by atoms with van der Waals surface area (Å²) in [6, 6.07) is 3.84. The minimum atomic E-state index is -4.71. The van der Waals surface area contributed by atoms with Crippen molar-refractivity contribution < 1.29 is 27.6 Å². The van der Waals surface area contributed by atoms with Crippen LogP contribution >= 0.6 is 0 Å². The zero-order valence-electron chi connectivity index (χ0n) is 26.8. The van der Waals surface area contributed by atoms with Gasteiger partial charge in [0.1, 0.15) is 24.1 Å². The number of aromatic nitrogens is 6. The lowest BCUT2D eigenvalue weighted by molar-refractivity contribution is -0.141. The molecule has 11 nitrogen and oxygen atoms in total. The number of alkyl halides is 3. The first kappa shape index (κ1) is 32.4. The molecule has 5 aromatic rings. The zero-order chi connectivity index (χ0) is 34.7. The lowest BCUT2D eigenvalue weighted by Gasteiger charge is -2.28. The van der Waals surface area contributed by atoms with Crippen LogP contribution in [0.25, 0.3) is 27.8 Å². The van der Waals surface area contributed by atoms with Gasteiger partial charge in [-0.15, -0.1) is 6.42 Å². The highest BCUT2D eigenvalue weighted by atomic mass is 19.4. The van der Waals surface area contributed by atoms with Crippen molar-refractivity contribution in [2.24, 2.45) is 5.92 Å². The third-order valence-electron chi connectivity index (χ3n) is 8.61. The number of aryl methyl sites for hydroxylation is 3. The third-order valence-corrected chi connectivity index (χ3v) is 8.61. The molecule has 5 aromatic heterocycles. The minimum Gasteiger partial charge on any atom is -0.336 e. The predicted molar refractivity (Wildman–Crippen MR) is 171 cm³/mol. The summed E-state index contributed by atoms with van der Waals surface area (Å²) >= 11 is 0. The Morgan fingerprint density at radius 1 is 1.10 bits per heavy atom. The van der Waals surface area contributed by atoms with Crippen molar-refractivity contribution in [3.05, 3.63) is 71.1 Å². The first-order chi connectivity index (χ1) is 22.7. The fourth-order valence-corrected chi connectivity index (χ4v) is 6.31. The number of amides is 2. The Bertz CT molecular complexity index is 2180. The summed E-state index contributed by atoms with van der Waals surface area (Å²) in [4.78, 5) is 54.5. The standard InChI is InChI=1S/C34H31F3N8O3/c1-7-26-18(3)10-27(33(48)41-32-17(2)8-9-28(40-32)34(35,36)37)45(26)30(47)16-43-15-24(21(6)46)23-12-25(39-20(5)31(23)43)22-13-38-29-11-19(4)42-44(29)14-22/h1,8-9,11-15,18,26-27H,10,16H2,2-6H3,(H,40,41,48)/t18-,26+,27-/m0/s1. The van der Waals surface area contributed by atoms with Gasteiger partial charge < -0.3 is 14.8 Å². The molecule has 6 rings (SSSR count). The predicted octanol–water partition coefficient (Wildman–Crippen LogP) is 5.17. The summed E-state index contributed by atoms with van der Waals surface area (Å²) in [5, 5.41) is 7.48. The Balaban J connectivity index is 1.33. The van der Waals surface area contributed by atoms with Crippen molar-refractivity contribution >= 4 is 40.0 Å². The van der Waals surface area contributed by atoms with Crippen LogP contribution < -0.4 is 5.32 Å². The Kier molecular flexibility index (Phi) is 8.02. The van der Waals surface area contributed by atoms with Crippen LogP contribution in [0.5, 0.6) is 0 Å². The number of hydrogen-bond donors (Lipinski definition) is 1. The van der Waals surface area contributed by atoms with Gasteiger partial charge in [-0.1, -0.05) is 18.9 Å². The molecular weight excluding hydrogens is 625 g/mol. The lowest BCUT2D eigenvalue weighted by atomic mass is 10.0. The summed E-state index contributed by atoms with van der Waals surface area (Å²) in [6.45, 7) is 8.11. The zero-order valence-corrected chi connectivity index (χ0v) is 26.8. The van der Waals surface area contributed by atoms with E-state index in [1.807, 2.05) is 13.0 Å². The maximum Gasteiger partial charge on any atom is 0.433 e. The van der Waals surface area contributed by atoms with Gasteiger partial charge in [0.05, 0.1) is 28.6 Å². The normalized spacial score (nSPS) is 18.0. The average molecular weight is 657 g/mol. The monoisotopic (exact) mass is 656 g/mol. The molecule has 48 heavy (non-hydrogen) atoms. The van der Waals surface area contributed by atoms with Crippen molar-refractivity contribution in [2.75, 3.05) is 5.32 Å². The van der Waals surface area contributed by atoms with Crippen LogP contribution in [0.3, 0.4) is 0 Å². The molecule has 14 heteroatoms. The molecule has 0 radical (unpaired) electrons. The van der Waals surface area contributed by atoms with Gasteiger partial charge in [0.15, 0.2) is 11.4 Å². The quantitative estimate of drug-likeness (QED) is 0.198. The van der Waals surface area contributed by atoms with Crippen LogP contribution in [-0.4, -0.2) is 63.7 Å². The first-order valence-electron chi connectivity index (χ1n) is 15.1. The second-order valence-electron chi connectivity index (χ2n) is 12.1. The van der Waals surface area contributed by atoms with Crippen molar-refractivity contribution in [3.8, 4) is 23.6 Å². The Morgan fingerprint density at radius 2 is 1.85 bits per heavy atom. The number of carbonyl (C=O) groups excluding carboxylic acids is 3. The first-order valence-corrected chi connectivity index (χ1v) is 15.1. The second kappa shape index (κ2) is 11.9. The highest BCUT2D eigenvalue weighted by molar-refractivity contribution is 6.08. The fraction of sp³-hybridized carbons (Fsp3) is 0.324. The molecule has 0 bridgehead atoms. The number of halogens is 3. The largest absolute Gasteiger partial charge is 0.433 e. The molecule has 1 fully saturated rings. The van der Waals surface area contributed by atoms with Crippen LogP contribution in [0.15, 0.2) is 42.9 Å². The number of likely N-dealkylation sites (tertiary alicyclic amines) is 1. The number of hydrogen-bond acceptors (Lipinski definition) is 7. The minimum absolute atomic E-state index is 0.188. The van der Waals surface area contributed by atoms with Gasteiger partial charge in [-0.05, 0) is 57.7 Å². The maximum atomic E-state index is 14.0. The number of fused-ring (bicyclic) bond motifs is 2. The van der Waals surface area contributed by atoms with Gasteiger partial charge in [0.2, 0.25) is 11.8 Å². The summed E-state index contributed by atoms with van der Waals surface area (Å²) in [7, 11) is 0. The fourth-order valence-electron chi connectivity index (χ4n) is 6.31. The van der Waals surface area contributed by atoms with Crippen LogP contribution in [0.2, 0.25) is 0 Å². The van der Waals surface area contributed by atoms with Crippen molar-refractivity contribution in [1.82, 2.24) is 34.0 Å². The molecule has 246 valence electrons. The van der Waals surface area contributed by atoms with Crippen LogP contribution in [0.1, 0.15) is 53.3 Å². The number of Topliss-reactive ketones (excluding diaryl/α,β-unsaturated/α-hetero) is 1. The third kappa shape index (κ3) is 5.76. The van der Waals surface area contributed by atoms with Crippen molar-refractivity contribution in [3.63, 3.8) is 0 Å². The van der Waals surface area contributed by atoms with Crippen molar-refractivity contribution in [1.29, 1.82) is 0 Å². The molecule has 0 saturated carbocycles. The molecule has 6 heterocycles.